The maximum Gasteiger partial charge on any atom is 0.0313 e. The Morgan fingerprint density at radius 3 is 2.71 bits per heavy atom. The molecule has 1 nitrogen and oxygen atoms in total. The summed E-state index contributed by atoms with van der Waals surface area (Å²) in [6.07, 6.45) is 0. The normalized spacial score (nSPS) is 12.5. The van der Waals surface area contributed by atoms with Crippen LogP contribution >= 0.6 is 11.6 Å². The molecule has 0 aliphatic heterocycles. The number of halogens is 1. The van der Waals surface area contributed by atoms with Gasteiger partial charge in [-0.25, -0.2) is 0 Å². The highest BCUT2D eigenvalue weighted by Crippen LogP contribution is 2.16. The summed E-state index contributed by atoms with van der Waals surface area (Å²) in [7, 11) is 0. The zero-order valence-corrected chi connectivity index (χ0v) is 9.43. The minimum atomic E-state index is 0.312. The van der Waals surface area contributed by atoms with Crippen LogP contribution in [-0.4, -0.2) is 6.54 Å². The van der Waals surface area contributed by atoms with Gasteiger partial charge in [0.25, 0.3) is 0 Å². The summed E-state index contributed by atoms with van der Waals surface area (Å²) in [6.45, 7) is 8.54. The number of rotatable bonds is 4. The van der Waals surface area contributed by atoms with Crippen molar-refractivity contribution in [1.82, 2.24) is 5.32 Å². The van der Waals surface area contributed by atoms with E-state index in [4.69, 9.17) is 11.6 Å². The van der Waals surface area contributed by atoms with Gasteiger partial charge >= 0.3 is 0 Å². The van der Waals surface area contributed by atoms with Gasteiger partial charge in [0.05, 0.1) is 0 Å². The Morgan fingerprint density at radius 2 is 2.14 bits per heavy atom. The van der Waals surface area contributed by atoms with E-state index in [9.17, 15) is 0 Å². The van der Waals surface area contributed by atoms with Gasteiger partial charge in [0.2, 0.25) is 0 Å². The van der Waals surface area contributed by atoms with Crippen LogP contribution in [0.3, 0.4) is 0 Å². The Morgan fingerprint density at radius 1 is 1.50 bits per heavy atom. The molecule has 0 saturated carbocycles. The first kappa shape index (κ1) is 11.3. The van der Waals surface area contributed by atoms with Gasteiger partial charge in [0.1, 0.15) is 0 Å². The van der Waals surface area contributed by atoms with E-state index in [1.807, 2.05) is 6.07 Å². The Labute approximate surface area is 90.8 Å². The lowest BCUT2D eigenvalue weighted by atomic mass is 10.0. The van der Waals surface area contributed by atoms with Crippen molar-refractivity contribution in [3.05, 3.63) is 47.0 Å². The van der Waals surface area contributed by atoms with Gasteiger partial charge in [-0.3, -0.25) is 0 Å². The summed E-state index contributed by atoms with van der Waals surface area (Å²) in [5, 5.41) is 3.95. The largest absolute Gasteiger partial charge is 0.305 e. The molecule has 0 aliphatic rings. The van der Waals surface area contributed by atoms with Crippen molar-refractivity contribution in [2.45, 2.75) is 19.9 Å². The van der Waals surface area contributed by atoms with E-state index in [0.29, 0.717) is 17.6 Å². The fraction of sp³-hybridized carbons (Fsp3) is 0.333. The Balaban J connectivity index is 2.65. The van der Waals surface area contributed by atoms with Crippen LogP contribution in [0.5, 0.6) is 0 Å². The van der Waals surface area contributed by atoms with Crippen molar-refractivity contribution in [1.29, 1.82) is 0 Å². The second-order valence-corrected chi connectivity index (χ2v) is 4.01. The first-order valence-electron chi connectivity index (χ1n) is 4.73. The molecule has 1 N–H and O–H groups in total. The smallest absolute Gasteiger partial charge is 0.0313 e. The van der Waals surface area contributed by atoms with Crippen LogP contribution in [-0.2, 0) is 0 Å². The molecule has 1 rings (SSSR count). The van der Waals surface area contributed by atoms with Crippen LogP contribution in [0, 0.1) is 6.92 Å². The topological polar surface area (TPSA) is 12.0 Å². The van der Waals surface area contributed by atoms with E-state index in [-0.39, 0.29) is 0 Å². The van der Waals surface area contributed by atoms with Gasteiger partial charge in [-0.2, -0.15) is 0 Å². The molecule has 2 heteroatoms. The SMILES string of the molecule is C=C(Cl)CNC(C)c1ccccc1C. The second-order valence-electron chi connectivity index (χ2n) is 3.48. The van der Waals surface area contributed by atoms with E-state index in [1.54, 1.807) is 0 Å². The molecule has 0 heterocycles. The van der Waals surface area contributed by atoms with Crippen LogP contribution in [0.1, 0.15) is 24.1 Å². The summed E-state index contributed by atoms with van der Waals surface area (Å²) < 4.78 is 0. The maximum atomic E-state index is 5.69. The van der Waals surface area contributed by atoms with Crippen LogP contribution in [0.15, 0.2) is 35.9 Å². The molecule has 14 heavy (non-hydrogen) atoms. The first-order chi connectivity index (χ1) is 6.61. The third-order valence-corrected chi connectivity index (χ3v) is 2.39. The van der Waals surface area contributed by atoms with E-state index in [0.717, 1.165) is 0 Å². The molecule has 0 aliphatic carbocycles. The highest BCUT2D eigenvalue weighted by Gasteiger charge is 2.06. The van der Waals surface area contributed by atoms with Crippen molar-refractivity contribution in [2.24, 2.45) is 0 Å². The molecular weight excluding hydrogens is 194 g/mol. The van der Waals surface area contributed by atoms with Gasteiger partial charge in [-0.05, 0) is 25.0 Å². The lowest BCUT2D eigenvalue weighted by Gasteiger charge is -2.15. The summed E-state index contributed by atoms with van der Waals surface area (Å²) in [5.74, 6) is 0. The number of nitrogens with one attached hydrogen (secondary N) is 1. The molecule has 0 fully saturated rings. The molecular formula is C12H16ClN. The zero-order chi connectivity index (χ0) is 10.6. The molecule has 0 saturated heterocycles. The molecule has 1 unspecified atom stereocenters. The van der Waals surface area contributed by atoms with Crippen molar-refractivity contribution in [3.63, 3.8) is 0 Å². The molecule has 0 amide bonds. The van der Waals surface area contributed by atoms with Gasteiger partial charge in [-0.15, -0.1) is 0 Å². The number of hydrogen-bond donors (Lipinski definition) is 1. The highest BCUT2D eigenvalue weighted by molar-refractivity contribution is 6.29. The highest BCUT2D eigenvalue weighted by atomic mass is 35.5. The third-order valence-electron chi connectivity index (χ3n) is 2.26. The Hall–Kier alpha value is -0.790. The number of aryl methyl sites for hydroxylation is 1. The van der Waals surface area contributed by atoms with Gasteiger partial charge in [0.15, 0.2) is 0 Å². The standard InChI is InChI=1S/C12H16ClN/c1-9-6-4-5-7-12(9)11(3)14-8-10(2)13/h4-7,11,14H,2,8H2,1,3H3. The van der Waals surface area contributed by atoms with E-state index >= 15 is 0 Å². The molecule has 0 bridgehead atoms. The summed E-state index contributed by atoms with van der Waals surface area (Å²) in [4.78, 5) is 0. The minimum Gasteiger partial charge on any atom is -0.305 e. The van der Waals surface area contributed by atoms with Crippen LogP contribution in [0.2, 0.25) is 0 Å². The Bertz CT molecular complexity index is 320. The third kappa shape index (κ3) is 3.17. The summed E-state index contributed by atoms with van der Waals surface area (Å²) >= 11 is 5.69. The fourth-order valence-corrected chi connectivity index (χ4v) is 1.52. The fourth-order valence-electron chi connectivity index (χ4n) is 1.45. The maximum absolute atomic E-state index is 5.69. The quantitative estimate of drug-likeness (QED) is 0.802. The second kappa shape index (κ2) is 5.18. The van der Waals surface area contributed by atoms with E-state index in [1.165, 1.54) is 11.1 Å². The van der Waals surface area contributed by atoms with Crippen molar-refractivity contribution in [2.75, 3.05) is 6.54 Å². The average molecular weight is 210 g/mol. The zero-order valence-electron chi connectivity index (χ0n) is 8.68. The van der Waals surface area contributed by atoms with Crippen LogP contribution in [0.25, 0.3) is 0 Å². The lowest BCUT2D eigenvalue weighted by Crippen LogP contribution is -2.20. The van der Waals surface area contributed by atoms with Crippen molar-refractivity contribution >= 4 is 11.6 Å². The lowest BCUT2D eigenvalue weighted by molar-refractivity contribution is 0.611. The predicted octanol–water partition coefficient (Wildman–Crippen LogP) is 3.40. The van der Waals surface area contributed by atoms with E-state index in [2.05, 4.69) is 43.9 Å². The average Bonchev–Trinajstić information content (AvgIpc) is 2.15. The van der Waals surface area contributed by atoms with Crippen molar-refractivity contribution in [3.8, 4) is 0 Å². The molecule has 0 aromatic heterocycles. The van der Waals surface area contributed by atoms with Crippen LogP contribution < -0.4 is 5.32 Å². The number of hydrogen-bond acceptors (Lipinski definition) is 1. The molecule has 76 valence electrons. The molecule has 0 radical (unpaired) electrons. The predicted molar refractivity (Wildman–Crippen MR) is 62.6 cm³/mol. The van der Waals surface area contributed by atoms with Gasteiger partial charge < -0.3 is 5.32 Å². The van der Waals surface area contributed by atoms with E-state index < -0.39 is 0 Å². The van der Waals surface area contributed by atoms with Crippen LogP contribution in [0.4, 0.5) is 0 Å². The minimum absolute atomic E-state index is 0.312. The molecule has 0 spiro atoms. The molecule has 1 aromatic rings. The monoisotopic (exact) mass is 209 g/mol. The van der Waals surface area contributed by atoms with Gasteiger partial charge in [0, 0.05) is 17.6 Å². The first-order valence-corrected chi connectivity index (χ1v) is 5.11. The van der Waals surface area contributed by atoms with Gasteiger partial charge in [-0.1, -0.05) is 42.4 Å². The molecule has 1 aromatic carbocycles. The summed E-state index contributed by atoms with van der Waals surface area (Å²) in [6, 6.07) is 8.65. The Kier molecular flexibility index (Phi) is 4.18. The number of benzene rings is 1. The molecule has 1 atom stereocenters. The summed E-state index contributed by atoms with van der Waals surface area (Å²) in [5.41, 5.74) is 2.61. The van der Waals surface area contributed by atoms with Crippen molar-refractivity contribution < 1.29 is 0 Å².